The fraction of sp³-hybridized carbons (Fsp3) is 0.348. The Labute approximate surface area is 186 Å². The molecular weight excluding hydrogens is 410 g/mol. The summed E-state index contributed by atoms with van der Waals surface area (Å²) in [5.74, 6) is 0.252. The Morgan fingerprint density at radius 1 is 1.13 bits per heavy atom. The van der Waals surface area contributed by atoms with Gasteiger partial charge in [0.15, 0.2) is 5.16 Å². The van der Waals surface area contributed by atoms with E-state index in [0.717, 1.165) is 44.1 Å². The van der Waals surface area contributed by atoms with Crippen molar-refractivity contribution in [3.63, 3.8) is 0 Å². The van der Waals surface area contributed by atoms with Gasteiger partial charge in [-0.2, -0.15) is 0 Å². The lowest BCUT2D eigenvalue weighted by molar-refractivity contribution is -0.119. The molecule has 1 unspecified atom stereocenters. The van der Waals surface area contributed by atoms with Gasteiger partial charge in [-0.1, -0.05) is 59.8 Å². The standard InChI is InChI=1S/C23H27N5O2S/c1-18-7-9-20(10-8-18)28-17-24-26-23(28)31-16-22(29)25-21(19-5-3-2-4-6-19)15-27-11-13-30-14-12-27/h2-10,17,21H,11-16H2,1H3,(H,25,29). The molecule has 162 valence electrons. The molecule has 4 rings (SSSR count). The topological polar surface area (TPSA) is 72.3 Å². The molecule has 1 atom stereocenters. The number of ether oxygens (including phenoxy) is 1. The lowest BCUT2D eigenvalue weighted by atomic mass is 10.1. The minimum Gasteiger partial charge on any atom is -0.379 e. The van der Waals surface area contributed by atoms with Gasteiger partial charge in [0.2, 0.25) is 5.91 Å². The smallest absolute Gasteiger partial charge is 0.231 e. The minimum atomic E-state index is -0.0673. The van der Waals surface area contributed by atoms with E-state index in [0.29, 0.717) is 5.16 Å². The van der Waals surface area contributed by atoms with Crippen LogP contribution < -0.4 is 5.32 Å². The van der Waals surface area contributed by atoms with Crippen LogP contribution in [0.5, 0.6) is 0 Å². The van der Waals surface area contributed by atoms with E-state index in [1.165, 1.54) is 17.3 Å². The molecule has 2 heterocycles. The number of carbonyl (C=O) groups excluding carboxylic acids is 1. The normalized spacial score (nSPS) is 15.5. The van der Waals surface area contributed by atoms with Crippen molar-refractivity contribution in [3.05, 3.63) is 72.1 Å². The van der Waals surface area contributed by atoms with Crippen LogP contribution in [0.3, 0.4) is 0 Å². The number of carbonyl (C=O) groups is 1. The number of hydrogen-bond acceptors (Lipinski definition) is 6. The van der Waals surface area contributed by atoms with Crippen LogP contribution in [0.2, 0.25) is 0 Å². The van der Waals surface area contributed by atoms with E-state index < -0.39 is 0 Å². The fourth-order valence-electron chi connectivity index (χ4n) is 3.53. The summed E-state index contributed by atoms with van der Waals surface area (Å²) in [6.45, 7) is 6.06. The summed E-state index contributed by atoms with van der Waals surface area (Å²) in [6.07, 6.45) is 1.68. The summed E-state index contributed by atoms with van der Waals surface area (Å²) in [7, 11) is 0. The van der Waals surface area contributed by atoms with Crippen LogP contribution in [0, 0.1) is 6.92 Å². The molecule has 1 N–H and O–H groups in total. The van der Waals surface area contributed by atoms with E-state index >= 15 is 0 Å². The van der Waals surface area contributed by atoms with Gasteiger partial charge in [0.25, 0.3) is 0 Å². The molecule has 0 spiro atoms. The van der Waals surface area contributed by atoms with Crippen LogP contribution in [-0.2, 0) is 9.53 Å². The van der Waals surface area contributed by atoms with Crippen molar-refractivity contribution >= 4 is 17.7 Å². The number of nitrogens with one attached hydrogen (secondary N) is 1. The number of aromatic nitrogens is 3. The molecule has 1 amide bonds. The zero-order chi connectivity index (χ0) is 21.5. The third-order valence-corrected chi connectivity index (χ3v) is 6.19. The monoisotopic (exact) mass is 437 g/mol. The molecule has 1 aliphatic rings. The largest absolute Gasteiger partial charge is 0.379 e. The van der Waals surface area contributed by atoms with Crippen LogP contribution in [0.4, 0.5) is 0 Å². The van der Waals surface area contributed by atoms with E-state index in [9.17, 15) is 4.79 Å². The predicted octanol–water partition coefficient (Wildman–Crippen LogP) is 2.86. The maximum atomic E-state index is 12.8. The highest BCUT2D eigenvalue weighted by Crippen LogP contribution is 2.21. The molecule has 1 aliphatic heterocycles. The third-order valence-electron chi connectivity index (χ3n) is 5.24. The Morgan fingerprint density at radius 3 is 2.61 bits per heavy atom. The molecule has 2 aromatic carbocycles. The lowest BCUT2D eigenvalue weighted by Crippen LogP contribution is -2.43. The molecule has 7 nitrogen and oxygen atoms in total. The molecule has 31 heavy (non-hydrogen) atoms. The van der Waals surface area contributed by atoms with Gasteiger partial charge in [0, 0.05) is 25.3 Å². The van der Waals surface area contributed by atoms with Crippen LogP contribution in [0.15, 0.2) is 66.1 Å². The maximum Gasteiger partial charge on any atom is 0.231 e. The molecule has 0 saturated carbocycles. The van der Waals surface area contributed by atoms with Gasteiger partial charge in [0.05, 0.1) is 25.0 Å². The molecule has 1 aromatic heterocycles. The molecule has 8 heteroatoms. The van der Waals surface area contributed by atoms with Crippen molar-refractivity contribution in [3.8, 4) is 5.69 Å². The highest BCUT2D eigenvalue weighted by atomic mass is 32.2. The van der Waals surface area contributed by atoms with Crippen molar-refractivity contribution in [1.29, 1.82) is 0 Å². The second-order valence-corrected chi connectivity index (χ2v) is 8.49. The van der Waals surface area contributed by atoms with E-state index in [-0.39, 0.29) is 17.7 Å². The van der Waals surface area contributed by atoms with Gasteiger partial charge in [-0.25, -0.2) is 0 Å². The van der Waals surface area contributed by atoms with Gasteiger partial charge < -0.3 is 10.1 Å². The first kappa shape index (κ1) is 21.5. The van der Waals surface area contributed by atoms with Crippen molar-refractivity contribution in [1.82, 2.24) is 25.0 Å². The quantitative estimate of drug-likeness (QED) is 0.547. The molecule has 1 fully saturated rings. The summed E-state index contributed by atoms with van der Waals surface area (Å²) in [5, 5.41) is 12.1. The van der Waals surface area contributed by atoms with Crippen molar-refractivity contribution < 1.29 is 9.53 Å². The number of nitrogens with zero attached hydrogens (tertiary/aromatic N) is 4. The predicted molar refractivity (Wildman–Crippen MR) is 121 cm³/mol. The van der Waals surface area contributed by atoms with E-state index in [4.69, 9.17) is 4.74 Å². The van der Waals surface area contributed by atoms with Gasteiger partial charge >= 0.3 is 0 Å². The SMILES string of the molecule is Cc1ccc(-n2cnnc2SCC(=O)NC(CN2CCOCC2)c2ccccc2)cc1. The molecule has 0 aliphatic carbocycles. The number of benzene rings is 2. The van der Waals surface area contributed by atoms with E-state index in [1.807, 2.05) is 47.0 Å². The van der Waals surface area contributed by atoms with Crippen LogP contribution in [0.25, 0.3) is 5.69 Å². The molecule has 0 bridgehead atoms. The Balaban J connectivity index is 1.39. The van der Waals surface area contributed by atoms with Gasteiger partial charge in [0.1, 0.15) is 6.33 Å². The van der Waals surface area contributed by atoms with Crippen LogP contribution in [-0.4, -0.2) is 64.2 Å². The average molecular weight is 438 g/mol. The van der Waals surface area contributed by atoms with Crippen molar-refractivity contribution in [2.75, 3.05) is 38.6 Å². The zero-order valence-electron chi connectivity index (χ0n) is 17.6. The van der Waals surface area contributed by atoms with Crippen molar-refractivity contribution in [2.45, 2.75) is 18.1 Å². The average Bonchev–Trinajstić information content (AvgIpc) is 3.28. The highest BCUT2D eigenvalue weighted by molar-refractivity contribution is 7.99. The Kier molecular flexibility index (Phi) is 7.35. The number of hydrogen-bond donors (Lipinski definition) is 1. The zero-order valence-corrected chi connectivity index (χ0v) is 18.4. The first-order valence-corrected chi connectivity index (χ1v) is 11.4. The number of aryl methyl sites for hydroxylation is 1. The summed E-state index contributed by atoms with van der Waals surface area (Å²) < 4.78 is 7.36. The van der Waals surface area contributed by atoms with E-state index in [2.05, 4.69) is 39.5 Å². The molecular formula is C23H27N5O2S. The Hall–Kier alpha value is -2.68. The Bertz CT molecular complexity index is 971. The van der Waals surface area contributed by atoms with Crippen molar-refractivity contribution in [2.24, 2.45) is 0 Å². The van der Waals surface area contributed by atoms with Gasteiger partial charge in [-0.05, 0) is 24.6 Å². The van der Waals surface area contributed by atoms with E-state index in [1.54, 1.807) is 6.33 Å². The first-order chi connectivity index (χ1) is 15.2. The summed E-state index contributed by atoms with van der Waals surface area (Å²) in [4.78, 5) is 15.2. The minimum absolute atomic E-state index is 0.0226. The van der Waals surface area contributed by atoms with Crippen LogP contribution >= 0.6 is 11.8 Å². The molecule has 0 radical (unpaired) electrons. The summed E-state index contributed by atoms with van der Waals surface area (Å²) in [6, 6.07) is 18.2. The second-order valence-electron chi connectivity index (χ2n) is 7.55. The number of amides is 1. The third kappa shape index (κ3) is 5.94. The lowest BCUT2D eigenvalue weighted by Gasteiger charge is -2.31. The van der Waals surface area contributed by atoms with Gasteiger partial charge in [-0.3, -0.25) is 14.3 Å². The summed E-state index contributed by atoms with van der Waals surface area (Å²) >= 11 is 1.39. The first-order valence-electron chi connectivity index (χ1n) is 10.4. The molecule has 1 saturated heterocycles. The van der Waals surface area contributed by atoms with Gasteiger partial charge in [-0.15, -0.1) is 10.2 Å². The number of thioether (sulfide) groups is 1. The Morgan fingerprint density at radius 2 is 1.87 bits per heavy atom. The molecule has 3 aromatic rings. The maximum absolute atomic E-state index is 12.8. The highest BCUT2D eigenvalue weighted by Gasteiger charge is 2.20. The fourth-order valence-corrected chi connectivity index (χ4v) is 4.27. The number of rotatable bonds is 8. The summed E-state index contributed by atoms with van der Waals surface area (Å²) in [5.41, 5.74) is 3.28. The number of morpholine rings is 1. The van der Waals surface area contributed by atoms with Crippen LogP contribution in [0.1, 0.15) is 17.2 Å². The second kappa shape index (κ2) is 10.6.